The molecule has 0 spiro atoms. The number of hydrogen-bond acceptors (Lipinski definition) is 3. The fourth-order valence-corrected chi connectivity index (χ4v) is 5.71. The van der Waals surface area contributed by atoms with Gasteiger partial charge in [0.1, 0.15) is 6.10 Å². The molecular formula is C19H29NO2. The van der Waals surface area contributed by atoms with E-state index in [2.05, 4.69) is 18.4 Å². The summed E-state index contributed by atoms with van der Waals surface area (Å²) in [5, 5.41) is 0. The van der Waals surface area contributed by atoms with Crippen molar-refractivity contribution < 1.29 is 9.53 Å². The van der Waals surface area contributed by atoms with Crippen LogP contribution < -0.4 is 0 Å². The number of carbonyl (C=O) groups excluding carboxylic acids is 1. The summed E-state index contributed by atoms with van der Waals surface area (Å²) in [4.78, 5) is 14.9. The summed E-state index contributed by atoms with van der Waals surface area (Å²) < 4.78 is 5.84. The second-order valence-corrected chi connectivity index (χ2v) is 8.41. The Morgan fingerprint density at radius 2 is 2.09 bits per heavy atom. The van der Waals surface area contributed by atoms with Crippen LogP contribution >= 0.6 is 0 Å². The van der Waals surface area contributed by atoms with Crippen molar-refractivity contribution in [3.8, 4) is 0 Å². The van der Waals surface area contributed by atoms with E-state index in [-0.39, 0.29) is 18.0 Å². The fourth-order valence-electron chi connectivity index (χ4n) is 5.71. The quantitative estimate of drug-likeness (QED) is 0.578. The van der Waals surface area contributed by atoms with Crippen LogP contribution in [0.4, 0.5) is 0 Å². The Labute approximate surface area is 134 Å². The minimum absolute atomic E-state index is 0.0785. The van der Waals surface area contributed by atoms with Gasteiger partial charge < -0.3 is 9.64 Å². The first-order valence-electron chi connectivity index (χ1n) is 9.17. The second-order valence-electron chi connectivity index (χ2n) is 8.41. The van der Waals surface area contributed by atoms with Gasteiger partial charge in [0.2, 0.25) is 0 Å². The first-order valence-corrected chi connectivity index (χ1v) is 9.17. The summed E-state index contributed by atoms with van der Waals surface area (Å²) in [6.07, 6.45) is 8.65. The normalized spacial score (nSPS) is 45.5. The average molecular weight is 303 g/mol. The lowest BCUT2D eigenvalue weighted by atomic mass is 9.55. The Bertz CT molecular complexity index is 482. The Morgan fingerprint density at radius 3 is 2.86 bits per heavy atom. The Hall–Kier alpha value is -0.830. The van der Waals surface area contributed by atoms with Gasteiger partial charge >= 0.3 is 5.97 Å². The van der Waals surface area contributed by atoms with Crippen molar-refractivity contribution in [1.29, 1.82) is 0 Å². The highest BCUT2D eigenvalue weighted by Gasteiger charge is 2.55. The van der Waals surface area contributed by atoms with Crippen LogP contribution in [0, 0.1) is 23.2 Å². The third kappa shape index (κ3) is 2.33. The van der Waals surface area contributed by atoms with Gasteiger partial charge in [-0.15, -0.1) is 0 Å². The number of fused-ring (bicyclic) bond motifs is 2. The standard InChI is InChI=1S/C19H29NO2/c1-13-6-5-7-19(2)11-17-14(10-16(13)19)15(18(21)22-17)12-20-8-3-4-9-20/h14-17H,1,3-12H2,2H3/t14-,15+,16-,17+,19+/m0/s1. The van der Waals surface area contributed by atoms with Gasteiger partial charge in [-0.3, -0.25) is 4.79 Å². The molecule has 2 aliphatic carbocycles. The minimum atomic E-state index is 0.0785. The molecular weight excluding hydrogens is 274 g/mol. The first kappa shape index (κ1) is 14.7. The largest absolute Gasteiger partial charge is 0.462 e. The molecule has 0 amide bonds. The molecule has 0 aromatic rings. The van der Waals surface area contributed by atoms with E-state index in [0.717, 1.165) is 32.5 Å². The lowest BCUT2D eigenvalue weighted by Gasteiger charge is -2.50. The molecule has 3 nitrogen and oxygen atoms in total. The molecule has 5 atom stereocenters. The van der Waals surface area contributed by atoms with Crippen molar-refractivity contribution in [3.05, 3.63) is 12.2 Å². The van der Waals surface area contributed by atoms with Crippen LogP contribution in [0.15, 0.2) is 12.2 Å². The van der Waals surface area contributed by atoms with Gasteiger partial charge in [-0.25, -0.2) is 0 Å². The number of rotatable bonds is 2. The number of hydrogen-bond donors (Lipinski definition) is 0. The zero-order chi connectivity index (χ0) is 15.3. The topological polar surface area (TPSA) is 29.5 Å². The summed E-state index contributed by atoms with van der Waals surface area (Å²) in [7, 11) is 0. The highest BCUT2D eigenvalue weighted by Crippen LogP contribution is 2.56. The number of ether oxygens (including phenoxy) is 1. The molecule has 4 aliphatic rings. The van der Waals surface area contributed by atoms with Crippen molar-refractivity contribution in [2.24, 2.45) is 23.2 Å². The molecule has 22 heavy (non-hydrogen) atoms. The fraction of sp³-hybridized carbons (Fsp3) is 0.842. The van der Waals surface area contributed by atoms with E-state index in [0.29, 0.717) is 17.3 Å². The van der Waals surface area contributed by atoms with Gasteiger partial charge in [-0.05, 0) is 69.4 Å². The van der Waals surface area contributed by atoms with Crippen LogP contribution in [-0.4, -0.2) is 36.6 Å². The van der Waals surface area contributed by atoms with Gasteiger partial charge in [0.25, 0.3) is 0 Å². The maximum atomic E-state index is 12.4. The molecule has 0 radical (unpaired) electrons. The van der Waals surface area contributed by atoms with Crippen molar-refractivity contribution in [2.45, 2.75) is 58.0 Å². The predicted octanol–water partition coefficient (Wildman–Crippen LogP) is 3.40. The van der Waals surface area contributed by atoms with Gasteiger partial charge in [0.05, 0.1) is 5.92 Å². The van der Waals surface area contributed by atoms with Gasteiger partial charge in [0.15, 0.2) is 0 Å². The summed E-state index contributed by atoms with van der Waals surface area (Å²) in [6.45, 7) is 10.0. The van der Waals surface area contributed by atoms with Crippen LogP contribution in [0.25, 0.3) is 0 Å². The molecule has 0 unspecified atom stereocenters. The number of carbonyl (C=O) groups is 1. The molecule has 0 bridgehead atoms. The lowest BCUT2D eigenvalue weighted by Crippen LogP contribution is -2.45. The third-order valence-electron chi connectivity index (χ3n) is 6.97. The van der Waals surface area contributed by atoms with Crippen LogP contribution in [-0.2, 0) is 9.53 Å². The van der Waals surface area contributed by atoms with Gasteiger partial charge in [0, 0.05) is 12.5 Å². The van der Waals surface area contributed by atoms with Gasteiger partial charge in [-0.2, -0.15) is 0 Å². The van der Waals surface area contributed by atoms with Gasteiger partial charge in [-0.1, -0.05) is 19.1 Å². The zero-order valence-corrected chi connectivity index (χ0v) is 13.9. The summed E-state index contributed by atoms with van der Waals surface area (Å²) >= 11 is 0. The second kappa shape index (κ2) is 5.36. The highest BCUT2D eigenvalue weighted by atomic mass is 16.6. The van der Waals surface area contributed by atoms with E-state index in [4.69, 9.17) is 4.74 Å². The van der Waals surface area contributed by atoms with Crippen molar-refractivity contribution >= 4 is 5.97 Å². The number of esters is 1. The van der Waals surface area contributed by atoms with Crippen molar-refractivity contribution in [2.75, 3.05) is 19.6 Å². The third-order valence-corrected chi connectivity index (χ3v) is 6.97. The molecule has 0 aromatic heterocycles. The Balaban J connectivity index is 1.53. The molecule has 2 heterocycles. The van der Waals surface area contributed by atoms with E-state index in [1.54, 1.807) is 0 Å². The maximum absolute atomic E-state index is 12.4. The molecule has 2 saturated heterocycles. The smallest absolute Gasteiger partial charge is 0.310 e. The molecule has 4 fully saturated rings. The number of likely N-dealkylation sites (tertiary alicyclic amines) is 1. The summed E-state index contributed by atoms with van der Waals surface area (Å²) in [5.41, 5.74) is 1.76. The molecule has 2 saturated carbocycles. The van der Waals surface area contributed by atoms with E-state index < -0.39 is 0 Å². The lowest BCUT2D eigenvalue weighted by molar-refractivity contribution is -0.146. The molecule has 0 aromatic carbocycles. The van der Waals surface area contributed by atoms with E-state index in [9.17, 15) is 4.79 Å². The minimum Gasteiger partial charge on any atom is -0.462 e. The van der Waals surface area contributed by atoms with Crippen LogP contribution in [0.3, 0.4) is 0 Å². The zero-order valence-electron chi connectivity index (χ0n) is 13.9. The molecule has 3 heteroatoms. The van der Waals surface area contributed by atoms with Crippen LogP contribution in [0.2, 0.25) is 0 Å². The molecule has 4 rings (SSSR count). The van der Waals surface area contributed by atoms with E-state index >= 15 is 0 Å². The van der Waals surface area contributed by atoms with Crippen LogP contribution in [0.1, 0.15) is 51.9 Å². The average Bonchev–Trinajstić information content (AvgIpc) is 3.06. The summed E-state index contributed by atoms with van der Waals surface area (Å²) in [5.74, 6) is 1.23. The number of allylic oxidation sites excluding steroid dienone is 1. The molecule has 2 aliphatic heterocycles. The molecule has 0 N–H and O–H groups in total. The molecule has 122 valence electrons. The van der Waals surface area contributed by atoms with Crippen molar-refractivity contribution in [3.63, 3.8) is 0 Å². The highest BCUT2D eigenvalue weighted by molar-refractivity contribution is 5.75. The van der Waals surface area contributed by atoms with E-state index in [1.807, 2.05) is 0 Å². The van der Waals surface area contributed by atoms with Crippen molar-refractivity contribution in [1.82, 2.24) is 4.90 Å². The summed E-state index contributed by atoms with van der Waals surface area (Å²) in [6, 6.07) is 0. The Morgan fingerprint density at radius 1 is 1.32 bits per heavy atom. The van der Waals surface area contributed by atoms with Crippen LogP contribution in [0.5, 0.6) is 0 Å². The predicted molar refractivity (Wildman–Crippen MR) is 86.4 cm³/mol. The number of nitrogens with zero attached hydrogens (tertiary/aromatic N) is 1. The Kier molecular flexibility index (Phi) is 3.60. The first-order chi connectivity index (χ1) is 10.6. The van der Waals surface area contributed by atoms with E-state index in [1.165, 1.54) is 37.7 Å². The SMILES string of the molecule is C=C1CCC[C@]2(C)C[C@H]3OC(=O)[C@H](CN4CCCC4)[C@@H]3C[C@@H]12. The monoisotopic (exact) mass is 303 g/mol. The maximum Gasteiger partial charge on any atom is 0.310 e.